The molecule has 1 atom stereocenters. The van der Waals surface area contributed by atoms with Gasteiger partial charge in [-0.1, -0.05) is 0 Å². The van der Waals surface area contributed by atoms with E-state index in [9.17, 15) is 22.8 Å². The van der Waals surface area contributed by atoms with Gasteiger partial charge in [0, 0.05) is 54.3 Å². The molecule has 2 aliphatic heterocycles. The average Bonchev–Trinajstić information content (AvgIpc) is 3.55. The highest BCUT2D eigenvalue weighted by Gasteiger charge is 2.34. The van der Waals surface area contributed by atoms with Gasteiger partial charge in [-0.3, -0.25) is 4.79 Å². The van der Waals surface area contributed by atoms with Crippen LogP contribution in [0, 0.1) is 5.82 Å². The van der Waals surface area contributed by atoms with Crippen molar-refractivity contribution in [2.24, 2.45) is 0 Å². The van der Waals surface area contributed by atoms with Crippen LogP contribution in [0.25, 0.3) is 11.0 Å². The van der Waals surface area contributed by atoms with Gasteiger partial charge in [-0.15, -0.1) is 13.2 Å². The first-order valence-electron chi connectivity index (χ1n) is 13.6. The number of nitrogens with zero attached hydrogens (tertiary/aromatic N) is 3. The Bertz CT molecular complexity index is 1420. The highest BCUT2D eigenvalue weighted by atomic mass is 19.4. The van der Waals surface area contributed by atoms with Gasteiger partial charge >= 0.3 is 12.5 Å². The second kappa shape index (κ2) is 10.9. The van der Waals surface area contributed by atoms with Gasteiger partial charge in [-0.2, -0.15) is 0 Å². The highest BCUT2D eigenvalue weighted by Crippen LogP contribution is 2.37. The molecule has 2 amide bonds. The summed E-state index contributed by atoms with van der Waals surface area (Å²) in [6, 6.07) is 6.74. The van der Waals surface area contributed by atoms with Crippen LogP contribution >= 0.6 is 0 Å². The van der Waals surface area contributed by atoms with E-state index in [-0.39, 0.29) is 29.4 Å². The topological polar surface area (TPSA) is 87.8 Å². The Morgan fingerprint density at radius 1 is 0.976 bits per heavy atom. The summed E-state index contributed by atoms with van der Waals surface area (Å²) in [5.74, 6) is -1.21. The lowest BCUT2D eigenvalue weighted by Gasteiger charge is -2.32. The summed E-state index contributed by atoms with van der Waals surface area (Å²) in [5, 5.41) is 0.695. The minimum absolute atomic E-state index is 0.0417. The molecule has 1 unspecified atom stereocenters. The third-order valence-electron chi connectivity index (χ3n) is 7.48. The predicted molar refractivity (Wildman–Crippen MR) is 142 cm³/mol. The lowest BCUT2D eigenvalue weighted by Crippen LogP contribution is -2.38. The number of pyridine rings is 1. The standard InChI is InChI=1S/C29H32F4N4O4/c1-28(2,3)41-27(39)37-13-10-19(16-37)23-14-21-24(22(30)15-34-25(21)35-23)17-8-11-36(12-9-17)26(38)18-4-6-20(7-5-18)40-29(31,32)33/h4-7,14-15,17,19H,8-13,16H2,1-3H3,(H,34,35). The van der Waals surface area contributed by atoms with Crippen LogP contribution in [-0.2, 0) is 4.74 Å². The number of hydrogen-bond acceptors (Lipinski definition) is 5. The number of fused-ring (bicyclic) bond motifs is 1. The van der Waals surface area contributed by atoms with E-state index >= 15 is 4.39 Å². The zero-order chi connectivity index (χ0) is 29.5. The summed E-state index contributed by atoms with van der Waals surface area (Å²) in [7, 11) is 0. The molecule has 2 saturated heterocycles. The first kappa shape index (κ1) is 28.7. The zero-order valence-corrected chi connectivity index (χ0v) is 23.1. The van der Waals surface area contributed by atoms with Crippen molar-refractivity contribution in [3.63, 3.8) is 0 Å². The molecule has 5 rings (SSSR count). The van der Waals surface area contributed by atoms with Crippen LogP contribution < -0.4 is 4.74 Å². The Labute approximate surface area is 234 Å². The van der Waals surface area contributed by atoms with Crippen LogP contribution in [-0.4, -0.2) is 69.9 Å². The largest absolute Gasteiger partial charge is 0.573 e. The van der Waals surface area contributed by atoms with Gasteiger partial charge in [0.1, 0.15) is 22.8 Å². The quantitative estimate of drug-likeness (QED) is 0.366. The molecular formula is C29H32F4N4O4. The maximum absolute atomic E-state index is 15.2. The van der Waals surface area contributed by atoms with Crippen LogP contribution in [0.5, 0.6) is 5.75 Å². The molecule has 2 fully saturated rings. The van der Waals surface area contributed by atoms with E-state index in [1.807, 2.05) is 26.8 Å². The second-order valence-corrected chi connectivity index (χ2v) is 11.6. The fourth-order valence-corrected chi connectivity index (χ4v) is 5.58. The number of rotatable bonds is 4. The molecule has 0 saturated carbocycles. The number of amides is 2. The van der Waals surface area contributed by atoms with Crippen molar-refractivity contribution in [2.75, 3.05) is 26.2 Å². The molecular weight excluding hydrogens is 544 g/mol. The smallest absolute Gasteiger partial charge is 0.444 e. The molecule has 4 heterocycles. The van der Waals surface area contributed by atoms with E-state index in [2.05, 4.69) is 14.7 Å². The lowest BCUT2D eigenvalue weighted by molar-refractivity contribution is -0.274. The summed E-state index contributed by atoms with van der Waals surface area (Å²) in [6.45, 7) is 7.28. The third-order valence-corrected chi connectivity index (χ3v) is 7.48. The number of H-pyrrole nitrogens is 1. The van der Waals surface area contributed by atoms with E-state index < -0.39 is 23.5 Å². The number of ether oxygens (including phenoxy) is 2. The van der Waals surface area contributed by atoms with Crippen molar-refractivity contribution in [3.8, 4) is 5.75 Å². The molecule has 0 aliphatic carbocycles. The lowest BCUT2D eigenvalue weighted by atomic mass is 9.87. The van der Waals surface area contributed by atoms with E-state index in [1.54, 1.807) is 9.80 Å². The number of nitrogens with one attached hydrogen (secondary N) is 1. The minimum Gasteiger partial charge on any atom is -0.444 e. The van der Waals surface area contributed by atoms with Crippen LogP contribution in [0.1, 0.15) is 73.5 Å². The van der Waals surface area contributed by atoms with Crippen LogP contribution in [0.3, 0.4) is 0 Å². The number of likely N-dealkylation sites (tertiary alicyclic amines) is 2. The van der Waals surface area contributed by atoms with Crippen molar-refractivity contribution in [1.82, 2.24) is 19.8 Å². The molecule has 0 radical (unpaired) electrons. The number of piperidine rings is 1. The number of carbonyl (C=O) groups excluding carboxylic acids is 2. The number of alkyl halides is 3. The monoisotopic (exact) mass is 576 g/mol. The SMILES string of the molecule is CC(C)(C)OC(=O)N1CCC(c2cc3c(C4CCN(C(=O)c5ccc(OC(F)(F)F)cc5)CC4)c(F)cnc3[nH]2)C1. The van der Waals surface area contributed by atoms with Gasteiger partial charge < -0.3 is 24.3 Å². The van der Waals surface area contributed by atoms with Gasteiger partial charge in [-0.05, 0) is 76.3 Å². The minimum atomic E-state index is -4.81. The first-order valence-corrected chi connectivity index (χ1v) is 13.6. The van der Waals surface area contributed by atoms with Crippen molar-refractivity contribution in [3.05, 3.63) is 59.2 Å². The molecule has 1 N–H and O–H groups in total. The first-order chi connectivity index (χ1) is 19.3. The molecule has 0 spiro atoms. The maximum Gasteiger partial charge on any atom is 0.573 e. The Hall–Kier alpha value is -3.83. The molecule has 41 heavy (non-hydrogen) atoms. The predicted octanol–water partition coefficient (Wildman–Crippen LogP) is 6.34. The fraction of sp³-hybridized carbons (Fsp3) is 0.483. The van der Waals surface area contributed by atoms with E-state index in [1.165, 1.54) is 18.3 Å². The van der Waals surface area contributed by atoms with Crippen LogP contribution in [0.4, 0.5) is 22.4 Å². The molecule has 12 heteroatoms. The summed E-state index contributed by atoms with van der Waals surface area (Å²) < 4.78 is 61.8. The normalized spacial score (nSPS) is 18.7. The molecule has 2 aromatic heterocycles. The van der Waals surface area contributed by atoms with Gasteiger partial charge in [0.25, 0.3) is 5.91 Å². The third kappa shape index (κ3) is 6.57. The van der Waals surface area contributed by atoms with E-state index in [0.717, 1.165) is 24.2 Å². The number of halogens is 4. The Morgan fingerprint density at radius 3 is 2.24 bits per heavy atom. The van der Waals surface area contributed by atoms with Gasteiger partial charge in [0.2, 0.25) is 0 Å². The van der Waals surface area contributed by atoms with Crippen LogP contribution in [0.15, 0.2) is 36.5 Å². The Balaban J connectivity index is 1.26. The van der Waals surface area contributed by atoms with Gasteiger partial charge in [0.15, 0.2) is 0 Å². The molecule has 2 aliphatic rings. The Kier molecular flexibility index (Phi) is 7.60. The number of benzene rings is 1. The fourth-order valence-electron chi connectivity index (χ4n) is 5.58. The van der Waals surface area contributed by atoms with E-state index in [4.69, 9.17) is 4.74 Å². The van der Waals surface area contributed by atoms with Gasteiger partial charge in [0.05, 0.1) is 6.20 Å². The summed E-state index contributed by atoms with van der Waals surface area (Å²) in [5.41, 5.74) is 1.69. The summed E-state index contributed by atoms with van der Waals surface area (Å²) in [6.07, 6.45) is -2.16. The number of carbonyl (C=O) groups is 2. The molecule has 220 valence electrons. The van der Waals surface area contributed by atoms with Crippen molar-refractivity contribution in [1.29, 1.82) is 0 Å². The van der Waals surface area contributed by atoms with Crippen LogP contribution in [0.2, 0.25) is 0 Å². The number of hydrogen-bond donors (Lipinski definition) is 1. The molecule has 8 nitrogen and oxygen atoms in total. The summed E-state index contributed by atoms with van der Waals surface area (Å²) >= 11 is 0. The Morgan fingerprint density at radius 2 is 1.61 bits per heavy atom. The highest BCUT2D eigenvalue weighted by molar-refractivity contribution is 5.94. The van der Waals surface area contributed by atoms with Crippen molar-refractivity contribution in [2.45, 2.75) is 63.8 Å². The van der Waals surface area contributed by atoms with Crippen molar-refractivity contribution >= 4 is 23.0 Å². The number of aromatic nitrogens is 2. The number of aromatic amines is 1. The zero-order valence-electron chi connectivity index (χ0n) is 23.1. The average molecular weight is 577 g/mol. The molecule has 1 aromatic carbocycles. The second-order valence-electron chi connectivity index (χ2n) is 11.6. The molecule has 3 aromatic rings. The maximum atomic E-state index is 15.2. The summed E-state index contributed by atoms with van der Waals surface area (Å²) in [4.78, 5) is 36.3. The van der Waals surface area contributed by atoms with Gasteiger partial charge in [-0.25, -0.2) is 14.2 Å². The van der Waals surface area contributed by atoms with Crippen molar-refractivity contribution < 1.29 is 36.6 Å². The van der Waals surface area contributed by atoms with E-state index in [0.29, 0.717) is 55.6 Å². The molecule has 0 bridgehead atoms.